The van der Waals surface area contributed by atoms with Crippen LogP contribution in [0.3, 0.4) is 0 Å². The summed E-state index contributed by atoms with van der Waals surface area (Å²) in [6.45, 7) is 8.00. The fourth-order valence-electron chi connectivity index (χ4n) is 2.35. The Kier molecular flexibility index (Phi) is 10.1. The molecule has 120 valence electrons. The summed E-state index contributed by atoms with van der Waals surface area (Å²) in [5.41, 5.74) is 1.08. The van der Waals surface area contributed by atoms with Crippen molar-refractivity contribution >= 4 is 0 Å². The Labute approximate surface area is 129 Å². The first-order chi connectivity index (χ1) is 10.3. The second kappa shape index (κ2) is 11.7. The molecule has 0 spiro atoms. The van der Waals surface area contributed by atoms with Gasteiger partial charge in [-0.2, -0.15) is 0 Å². The first kappa shape index (κ1) is 18.1. The molecule has 3 heteroatoms. The molecule has 1 aromatic carbocycles. The van der Waals surface area contributed by atoms with Crippen LogP contribution in [0, 0.1) is 11.7 Å². The van der Waals surface area contributed by atoms with E-state index in [2.05, 4.69) is 19.2 Å². The lowest BCUT2D eigenvalue weighted by molar-refractivity contribution is 0.117. The van der Waals surface area contributed by atoms with Crippen molar-refractivity contribution in [2.75, 3.05) is 26.3 Å². The van der Waals surface area contributed by atoms with E-state index in [-0.39, 0.29) is 5.82 Å². The van der Waals surface area contributed by atoms with Gasteiger partial charge in [-0.1, -0.05) is 32.4 Å². The van der Waals surface area contributed by atoms with Gasteiger partial charge in [0.05, 0.1) is 0 Å². The van der Waals surface area contributed by atoms with E-state index in [1.165, 1.54) is 12.5 Å². The molecule has 1 unspecified atom stereocenters. The number of benzene rings is 1. The second-order valence-electron chi connectivity index (χ2n) is 5.66. The van der Waals surface area contributed by atoms with E-state index in [4.69, 9.17) is 4.74 Å². The zero-order valence-electron chi connectivity index (χ0n) is 13.5. The number of hydrogen-bond donors (Lipinski definition) is 1. The van der Waals surface area contributed by atoms with Crippen molar-refractivity contribution in [2.24, 2.45) is 5.92 Å². The second-order valence-corrected chi connectivity index (χ2v) is 5.66. The van der Waals surface area contributed by atoms with Gasteiger partial charge in [-0.05, 0) is 62.4 Å². The largest absolute Gasteiger partial charge is 0.381 e. The molecule has 21 heavy (non-hydrogen) atoms. The maximum atomic E-state index is 13.3. The molecule has 0 amide bonds. The van der Waals surface area contributed by atoms with Crippen molar-refractivity contribution in [1.29, 1.82) is 0 Å². The van der Waals surface area contributed by atoms with Crippen molar-refractivity contribution < 1.29 is 9.13 Å². The highest BCUT2D eigenvalue weighted by Crippen LogP contribution is 2.13. The quantitative estimate of drug-likeness (QED) is 0.584. The maximum absolute atomic E-state index is 13.3. The maximum Gasteiger partial charge on any atom is 0.123 e. The first-order valence-electron chi connectivity index (χ1n) is 8.29. The fraction of sp³-hybridized carbons (Fsp3) is 0.667. The van der Waals surface area contributed by atoms with Crippen molar-refractivity contribution in [1.82, 2.24) is 5.32 Å². The van der Waals surface area contributed by atoms with Crippen LogP contribution in [0.25, 0.3) is 0 Å². The molecule has 0 fully saturated rings. The molecular weight excluding hydrogens is 265 g/mol. The van der Waals surface area contributed by atoms with Gasteiger partial charge in [0.1, 0.15) is 5.82 Å². The Hall–Kier alpha value is -0.930. The van der Waals surface area contributed by atoms with Gasteiger partial charge in [-0.25, -0.2) is 4.39 Å². The lowest BCUT2D eigenvalue weighted by atomic mass is 9.96. The zero-order chi connectivity index (χ0) is 15.3. The smallest absolute Gasteiger partial charge is 0.123 e. The highest BCUT2D eigenvalue weighted by atomic mass is 19.1. The van der Waals surface area contributed by atoms with Crippen LogP contribution in [0.5, 0.6) is 0 Å². The molecule has 0 aromatic heterocycles. The van der Waals surface area contributed by atoms with E-state index in [9.17, 15) is 4.39 Å². The third kappa shape index (κ3) is 8.84. The molecule has 0 aliphatic rings. The fourth-order valence-corrected chi connectivity index (χ4v) is 2.35. The zero-order valence-corrected chi connectivity index (χ0v) is 13.5. The Morgan fingerprint density at radius 2 is 2.05 bits per heavy atom. The Morgan fingerprint density at radius 3 is 2.76 bits per heavy atom. The van der Waals surface area contributed by atoms with Gasteiger partial charge in [0.15, 0.2) is 0 Å². The molecule has 0 saturated heterocycles. The van der Waals surface area contributed by atoms with Crippen LogP contribution >= 0.6 is 0 Å². The van der Waals surface area contributed by atoms with Gasteiger partial charge in [0, 0.05) is 13.2 Å². The molecule has 0 bridgehead atoms. The molecule has 1 aromatic rings. The molecular formula is C18H30FNO. The number of unbranched alkanes of at least 4 members (excludes halogenated alkanes) is 1. The number of halogens is 1. The predicted octanol–water partition coefficient (Wildman–Crippen LogP) is 4.19. The highest BCUT2D eigenvalue weighted by molar-refractivity contribution is 5.16. The summed E-state index contributed by atoms with van der Waals surface area (Å²) in [4.78, 5) is 0. The lowest BCUT2D eigenvalue weighted by Crippen LogP contribution is -2.26. The van der Waals surface area contributed by atoms with E-state index in [1.807, 2.05) is 6.07 Å². The van der Waals surface area contributed by atoms with Gasteiger partial charge < -0.3 is 10.1 Å². The summed E-state index contributed by atoms with van der Waals surface area (Å²) in [6, 6.07) is 6.94. The summed E-state index contributed by atoms with van der Waals surface area (Å²) >= 11 is 0. The normalized spacial score (nSPS) is 12.5. The Bertz CT molecular complexity index is 370. The van der Waals surface area contributed by atoms with E-state index in [0.29, 0.717) is 5.92 Å². The van der Waals surface area contributed by atoms with Gasteiger partial charge in [0.2, 0.25) is 0 Å². The third-order valence-corrected chi connectivity index (χ3v) is 3.59. The highest BCUT2D eigenvalue weighted by Gasteiger charge is 2.10. The van der Waals surface area contributed by atoms with Crippen LogP contribution in [0.2, 0.25) is 0 Å². The van der Waals surface area contributed by atoms with Crippen molar-refractivity contribution in [3.8, 4) is 0 Å². The predicted molar refractivity (Wildman–Crippen MR) is 87.1 cm³/mol. The summed E-state index contributed by atoms with van der Waals surface area (Å²) in [5, 5.41) is 3.47. The van der Waals surface area contributed by atoms with Crippen LogP contribution in [-0.4, -0.2) is 26.3 Å². The number of nitrogens with one attached hydrogen (secondary N) is 1. The van der Waals surface area contributed by atoms with Crippen LogP contribution in [0.15, 0.2) is 24.3 Å². The van der Waals surface area contributed by atoms with Gasteiger partial charge in [-0.15, -0.1) is 0 Å². The molecule has 0 heterocycles. The molecule has 0 aliphatic carbocycles. The van der Waals surface area contributed by atoms with Crippen LogP contribution in [0.1, 0.15) is 45.1 Å². The number of rotatable bonds is 12. The number of ether oxygens (including phenoxy) is 1. The van der Waals surface area contributed by atoms with Crippen LogP contribution in [0.4, 0.5) is 4.39 Å². The SMILES string of the molecule is CCCCOCCC(CNCCC)Cc1cccc(F)c1. The molecule has 1 N–H and O–H groups in total. The lowest BCUT2D eigenvalue weighted by Gasteiger charge is -2.18. The van der Waals surface area contributed by atoms with Crippen molar-refractivity contribution in [3.05, 3.63) is 35.6 Å². The van der Waals surface area contributed by atoms with E-state index in [0.717, 1.165) is 57.6 Å². The molecule has 0 radical (unpaired) electrons. The van der Waals surface area contributed by atoms with Crippen LogP contribution < -0.4 is 5.32 Å². The van der Waals surface area contributed by atoms with Gasteiger partial charge in [-0.3, -0.25) is 0 Å². The minimum Gasteiger partial charge on any atom is -0.381 e. The van der Waals surface area contributed by atoms with E-state index >= 15 is 0 Å². The van der Waals surface area contributed by atoms with Gasteiger partial charge in [0.25, 0.3) is 0 Å². The van der Waals surface area contributed by atoms with E-state index < -0.39 is 0 Å². The molecule has 1 rings (SSSR count). The monoisotopic (exact) mass is 295 g/mol. The first-order valence-corrected chi connectivity index (χ1v) is 8.29. The van der Waals surface area contributed by atoms with Crippen molar-refractivity contribution in [2.45, 2.75) is 46.0 Å². The summed E-state index contributed by atoms with van der Waals surface area (Å²) in [7, 11) is 0. The molecule has 1 atom stereocenters. The Morgan fingerprint density at radius 1 is 1.19 bits per heavy atom. The summed E-state index contributed by atoms with van der Waals surface area (Å²) in [6.07, 6.45) is 5.37. The summed E-state index contributed by atoms with van der Waals surface area (Å²) < 4.78 is 18.9. The van der Waals surface area contributed by atoms with E-state index in [1.54, 1.807) is 12.1 Å². The molecule has 0 saturated carbocycles. The van der Waals surface area contributed by atoms with Crippen LogP contribution in [-0.2, 0) is 11.2 Å². The molecule has 2 nitrogen and oxygen atoms in total. The number of hydrogen-bond acceptors (Lipinski definition) is 2. The minimum absolute atomic E-state index is 0.146. The van der Waals surface area contributed by atoms with Crippen molar-refractivity contribution in [3.63, 3.8) is 0 Å². The topological polar surface area (TPSA) is 21.3 Å². The average molecular weight is 295 g/mol. The molecule has 0 aliphatic heterocycles. The third-order valence-electron chi connectivity index (χ3n) is 3.59. The Balaban J connectivity index is 2.39. The summed E-state index contributed by atoms with van der Waals surface area (Å²) in [5.74, 6) is 0.354. The minimum atomic E-state index is -0.146. The standard InChI is InChI=1S/C18H30FNO/c1-3-5-11-21-12-9-17(15-20-10-4-2)13-16-7-6-8-18(19)14-16/h6-8,14,17,20H,3-5,9-13,15H2,1-2H3. The average Bonchev–Trinajstić information content (AvgIpc) is 2.47. The van der Waals surface area contributed by atoms with Gasteiger partial charge >= 0.3 is 0 Å².